The Bertz CT molecular complexity index is 1110. The van der Waals surface area contributed by atoms with Gasteiger partial charge < -0.3 is 24.1 Å². The maximum absolute atomic E-state index is 13.2. The third-order valence-electron chi connectivity index (χ3n) is 6.43. The third kappa shape index (κ3) is 4.26. The van der Waals surface area contributed by atoms with Gasteiger partial charge in [0.25, 0.3) is 0 Å². The lowest BCUT2D eigenvalue weighted by Gasteiger charge is -2.40. The number of aromatic amines is 1. The van der Waals surface area contributed by atoms with Crippen molar-refractivity contribution in [3.63, 3.8) is 0 Å². The van der Waals surface area contributed by atoms with Gasteiger partial charge in [0.05, 0.1) is 19.8 Å². The summed E-state index contributed by atoms with van der Waals surface area (Å²) in [5.41, 5.74) is 1.47. The number of esters is 1. The van der Waals surface area contributed by atoms with Crippen molar-refractivity contribution in [2.75, 3.05) is 46.0 Å². The number of carbonyl (C=O) groups excluding carboxylic acids is 2. The highest BCUT2D eigenvalue weighted by atomic mass is 16.5. The minimum Gasteiger partial charge on any atom is -0.462 e. The number of nitrogens with one attached hydrogen (secondary N) is 1. The average Bonchev–Trinajstić information content (AvgIpc) is 3.41. The molecule has 174 valence electrons. The van der Waals surface area contributed by atoms with Crippen LogP contribution in [-0.2, 0) is 23.8 Å². The molecule has 0 aliphatic carbocycles. The Morgan fingerprint density at radius 1 is 1.27 bits per heavy atom. The Hall–Kier alpha value is -3.17. The van der Waals surface area contributed by atoms with E-state index >= 15 is 0 Å². The van der Waals surface area contributed by atoms with Crippen LogP contribution < -0.4 is 0 Å². The summed E-state index contributed by atoms with van der Waals surface area (Å²) < 4.78 is 16.7. The van der Waals surface area contributed by atoms with Crippen molar-refractivity contribution in [3.8, 4) is 0 Å². The first-order valence-electron chi connectivity index (χ1n) is 11.5. The second-order valence-electron chi connectivity index (χ2n) is 8.35. The summed E-state index contributed by atoms with van der Waals surface area (Å²) in [7, 11) is 0. The molecule has 3 aliphatic rings. The molecule has 0 bridgehead atoms. The zero-order chi connectivity index (χ0) is 22.8. The minimum absolute atomic E-state index is 0.0223. The van der Waals surface area contributed by atoms with Crippen molar-refractivity contribution in [1.29, 1.82) is 0 Å². The van der Waals surface area contributed by atoms with Crippen LogP contribution in [0.4, 0.5) is 0 Å². The van der Waals surface area contributed by atoms with Crippen LogP contribution in [0.15, 0.2) is 41.7 Å². The lowest BCUT2D eigenvalue weighted by molar-refractivity contribution is -0.139. The van der Waals surface area contributed by atoms with E-state index in [1.54, 1.807) is 25.4 Å². The number of fused-ring (bicyclic) bond motifs is 1. The highest BCUT2D eigenvalue weighted by molar-refractivity contribution is 6.26. The third-order valence-corrected chi connectivity index (χ3v) is 6.43. The second-order valence-corrected chi connectivity index (χ2v) is 8.35. The largest absolute Gasteiger partial charge is 0.462 e. The van der Waals surface area contributed by atoms with Gasteiger partial charge in [-0.05, 0) is 38.0 Å². The van der Waals surface area contributed by atoms with Crippen LogP contribution in [0.3, 0.4) is 0 Å². The number of likely N-dealkylation sites (tertiary alicyclic amines) is 1. The summed E-state index contributed by atoms with van der Waals surface area (Å²) >= 11 is 0. The molecule has 0 spiro atoms. The summed E-state index contributed by atoms with van der Waals surface area (Å²) in [4.78, 5) is 37.8. The number of Topliss-reactive ketones (excluding diaryl/α,β-unsaturated/α-hetero) is 1. The van der Waals surface area contributed by atoms with Gasteiger partial charge in [0.1, 0.15) is 5.65 Å². The molecule has 5 heterocycles. The molecule has 0 radical (unpaired) electrons. The smallest absolute Gasteiger partial charge is 0.347 e. The number of morpholine rings is 1. The highest BCUT2D eigenvalue weighted by Gasteiger charge is 2.40. The molecule has 5 rings (SSSR count). The number of nitrogens with zero attached hydrogens (tertiary/aromatic N) is 3. The Kier molecular flexibility index (Phi) is 6.15. The van der Waals surface area contributed by atoms with Gasteiger partial charge in [-0.2, -0.15) is 0 Å². The molecule has 1 N–H and O–H groups in total. The highest BCUT2D eigenvalue weighted by Crippen LogP contribution is 2.33. The predicted molar refractivity (Wildman–Crippen MR) is 121 cm³/mol. The first-order valence-corrected chi connectivity index (χ1v) is 11.5. The Morgan fingerprint density at radius 2 is 2.06 bits per heavy atom. The zero-order valence-electron chi connectivity index (χ0n) is 18.7. The molecule has 9 nitrogen and oxygen atoms in total. The SMILES string of the molecule is CCOC(=O)C1=C(N2CCC(N3CCOCC3)CC2)O/C(=C\c2c[nH]c3ncccc23)C1=O. The molecule has 0 aromatic carbocycles. The number of rotatable bonds is 5. The van der Waals surface area contributed by atoms with Crippen molar-refractivity contribution >= 4 is 28.9 Å². The van der Waals surface area contributed by atoms with E-state index in [-0.39, 0.29) is 17.9 Å². The number of piperidine rings is 1. The first kappa shape index (κ1) is 21.7. The molecule has 0 amide bonds. The van der Waals surface area contributed by atoms with Gasteiger partial charge >= 0.3 is 5.97 Å². The van der Waals surface area contributed by atoms with Gasteiger partial charge in [0, 0.05) is 55.6 Å². The predicted octanol–water partition coefficient (Wildman–Crippen LogP) is 2.07. The van der Waals surface area contributed by atoms with Crippen molar-refractivity contribution in [2.24, 2.45) is 0 Å². The van der Waals surface area contributed by atoms with Crippen LogP contribution in [0.1, 0.15) is 25.3 Å². The van der Waals surface area contributed by atoms with E-state index < -0.39 is 11.8 Å². The van der Waals surface area contributed by atoms with E-state index in [1.807, 2.05) is 17.0 Å². The minimum atomic E-state index is -0.642. The Labute approximate surface area is 192 Å². The summed E-state index contributed by atoms with van der Waals surface area (Å²) in [5.74, 6) is -0.662. The molecular weight excluding hydrogens is 424 g/mol. The van der Waals surface area contributed by atoms with Crippen LogP contribution in [-0.4, -0.2) is 83.6 Å². The fraction of sp³-hybridized carbons (Fsp3) is 0.458. The van der Waals surface area contributed by atoms with E-state index in [0.29, 0.717) is 25.0 Å². The van der Waals surface area contributed by atoms with Gasteiger partial charge in [-0.1, -0.05) is 0 Å². The quantitative estimate of drug-likeness (QED) is 0.418. The van der Waals surface area contributed by atoms with Gasteiger partial charge in [-0.15, -0.1) is 0 Å². The van der Waals surface area contributed by atoms with Crippen LogP contribution in [0.25, 0.3) is 17.1 Å². The molecule has 0 atom stereocenters. The summed E-state index contributed by atoms with van der Waals surface area (Å²) in [6, 6.07) is 4.23. The Morgan fingerprint density at radius 3 is 2.82 bits per heavy atom. The molecule has 2 aromatic heterocycles. The number of H-pyrrole nitrogens is 1. The van der Waals surface area contributed by atoms with Crippen molar-refractivity contribution in [2.45, 2.75) is 25.8 Å². The monoisotopic (exact) mass is 452 g/mol. The van der Waals surface area contributed by atoms with E-state index in [9.17, 15) is 9.59 Å². The average molecular weight is 453 g/mol. The lowest BCUT2D eigenvalue weighted by Crippen LogP contribution is -2.49. The molecule has 9 heteroatoms. The topological polar surface area (TPSA) is 97.0 Å². The standard InChI is InChI=1S/C24H28N4O5/c1-2-32-24(30)20-21(29)19(14-16-15-26-22-18(16)4-3-7-25-22)33-23(20)28-8-5-17(6-9-28)27-10-12-31-13-11-27/h3-4,7,14-15,17H,2,5-6,8-13H2,1H3,(H,25,26)/b19-14-. The van der Waals surface area contributed by atoms with Gasteiger partial charge in [-0.25, -0.2) is 9.78 Å². The molecule has 3 aliphatic heterocycles. The van der Waals surface area contributed by atoms with E-state index in [0.717, 1.165) is 55.7 Å². The number of allylic oxidation sites excluding steroid dienone is 1. The van der Waals surface area contributed by atoms with Gasteiger partial charge in [-0.3, -0.25) is 9.69 Å². The molecular formula is C24H28N4O5. The van der Waals surface area contributed by atoms with Gasteiger partial charge in [0.15, 0.2) is 11.3 Å². The van der Waals surface area contributed by atoms with E-state index in [4.69, 9.17) is 14.2 Å². The summed E-state index contributed by atoms with van der Waals surface area (Å²) in [6.45, 7) is 6.76. The molecule has 0 unspecified atom stereocenters. The molecule has 33 heavy (non-hydrogen) atoms. The number of aromatic nitrogens is 2. The van der Waals surface area contributed by atoms with Crippen molar-refractivity contribution < 1.29 is 23.8 Å². The molecule has 2 fully saturated rings. The summed E-state index contributed by atoms with van der Waals surface area (Å²) in [5, 5.41) is 0.874. The van der Waals surface area contributed by atoms with Crippen LogP contribution in [0.5, 0.6) is 0 Å². The summed E-state index contributed by atoms with van der Waals surface area (Å²) in [6.07, 6.45) is 7.01. The fourth-order valence-corrected chi connectivity index (χ4v) is 4.74. The van der Waals surface area contributed by atoms with Gasteiger partial charge in [0.2, 0.25) is 11.7 Å². The second kappa shape index (κ2) is 9.36. The number of carbonyl (C=O) groups is 2. The normalized spacial score (nSPS) is 21.8. The zero-order valence-corrected chi connectivity index (χ0v) is 18.7. The molecule has 2 aromatic rings. The van der Waals surface area contributed by atoms with Crippen LogP contribution in [0, 0.1) is 0 Å². The number of hydrogen-bond acceptors (Lipinski definition) is 8. The number of hydrogen-bond donors (Lipinski definition) is 1. The maximum Gasteiger partial charge on any atom is 0.347 e. The van der Waals surface area contributed by atoms with Crippen molar-refractivity contribution in [3.05, 3.63) is 47.3 Å². The van der Waals surface area contributed by atoms with E-state index in [2.05, 4.69) is 14.9 Å². The van der Waals surface area contributed by atoms with Crippen LogP contribution >= 0.6 is 0 Å². The number of ketones is 1. The van der Waals surface area contributed by atoms with Crippen molar-refractivity contribution in [1.82, 2.24) is 19.8 Å². The first-order chi connectivity index (χ1) is 16.2. The van der Waals surface area contributed by atoms with E-state index in [1.165, 1.54) is 0 Å². The molecule has 2 saturated heterocycles. The number of ether oxygens (including phenoxy) is 3. The molecule has 0 saturated carbocycles. The lowest BCUT2D eigenvalue weighted by atomic mass is 10.0. The van der Waals surface area contributed by atoms with Crippen LogP contribution in [0.2, 0.25) is 0 Å². The fourth-order valence-electron chi connectivity index (χ4n) is 4.74. The number of pyridine rings is 1. The maximum atomic E-state index is 13.2. The Balaban J connectivity index is 1.38.